The number of allylic oxidation sites excluding steroid dienone is 4. The maximum Gasteiger partial charge on any atom is 0.0691 e. The molecule has 0 amide bonds. The van der Waals surface area contributed by atoms with E-state index in [0.717, 1.165) is 5.92 Å². The lowest BCUT2D eigenvalue weighted by atomic mass is 9.68. The molecule has 0 heterocycles. The molecule has 4 aliphatic rings. The third-order valence-electron chi connectivity index (χ3n) is 6.99. The van der Waals surface area contributed by atoms with Gasteiger partial charge in [0.05, 0.1) is 5.41 Å². The molecule has 3 aromatic carbocycles. The molecule has 0 saturated heterocycles. The van der Waals surface area contributed by atoms with Gasteiger partial charge in [-0.1, -0.05) is 84.9 Å². The first-order chi connectivity index (χ1) is 12.9. The van der Waals surface area contributed by atoms with Gasteiger partial charge in [-0.05, 0) is 62.8 Å². The molecule has 7 rings (SSSR count). The second-order valence-corrected chi connectivity index (χ2v) is 8.08. The van der Waals surface area contributed by atoms with Gasteiger partial charge < -0.3 is 0 Å². The van der Waals surface area contributed by atoms with E-state index in [0.29, 0.717) is 5.92 Å². The second kappa shape index (κ2) is 4.27. The van der Waals surface area contributed by atoms with Crippen LogP contribution in [0.1, 0.15) is 28.7 Å². The first kappa shape index (κ1) is 13.4. The number of hydrogen-bond acceptors (Lipinski definition) is 0. The van der Waals surface area contributed by atoms with Crippen LogP contribution < -0.4 is 0 Å². The first-order valence-electron chi connectivity index (χ1n) is 9.63. The molecule has 0 bridgehead atoms. The van der Waals surface area contributed by atoms with Gasteiger partial charge in [-0.25, -0.2) is 0 Å². The zero-order chi connectivity index (χ0) is 16.9. The van der Waals surface area contributed by atoms with Crippen LogP contribution in [0.25, 0.3) is 16.7 Å². The number of hydrogen-bond donors (Lipinski definition) is 0. The fourth-order valence-electron chi connectivity index (χ4n) is 5.99. The minimum absolute atomic E-state index is 0.0801. The standard InChI is InChI=1S/C26H18/c1-4-10-22-17(7-1)18-8-2-5-11-23(18)26(22)24-12-6-3-9-19(24)20-14-13-16-15-21(16)25(20)26/h1-14,16,21H,15H2. The molecule has 0 aromatic heterocycles. The van der Waals surface area contributed by atoms with Crippen LogP contribution in [-0.2, 0) is 5.41 Å². The molecule has 0 N–H and O–H groups in total. The van der Waals surface area contributed by atoms with E-state index in [-0.39, 0.29) is 5.41 Å². The van der Waals surface area contributed by atoms with Crippen molar-refractivity contribution in [2.24, 2.45) is 11.8 Å². The van der Waals surface area contributed by atoms with Crippen LogP contribution in [-0.4, -0.2) is 0 Å². The first-order valence-corrected chi connectivity index (χ1v) is 9.63. The van der Waals surface area contributed by atoms with Crippen molar-refractivity contribution in [2.75, 3.05) is 0 Å². The minimum atomic E-state index is -0.0801. The summed E-state index contributed by atoms with van der Waals surface area (Å²) in [6, 6.07) is 27.3. The highest BCUT2D eigenvalue weighted by atomic mass is 14.6. The van der Waals surface area contributed by atoms with Crippen molar-refractivity contribution >= 4 is 5.57 Å². The van der Waals surface area contributed by atoms with E-state index in [1.165, 1.54) is 45.4 Å². The summed E-state index contributed by atoms with van der Waals surface area (Å²) in [6.45, 7) is 0. The van der Waals surface area contributed by atoms with Crippen molar-refractivity contribution in [2.45, 2.75) is 11.8 Å². The maximum atomic E-state index is 2.45. The van der Waals surface area contributed by atoms with Crippen molar-refractivity contribution < 1.29 is 0 Å². The van der Waals surface area contributed by atoms with Crippen LogP contribution in [0.15, 0.2) is 90.5 Å². The molecule has 0 aliphatic heterocycles. The van der Waals surface area contributed by atoms with Gasteiger partial charge in [0.1, 0.15) is 0 Å². The molecule has 0 nitrogen and oxygen atoms in total. The topological polar surface area (TPSA) is 0 Å². The highest BCUT2D eigenvalue weighted by molar-refractivity contribution is 5.97. The van der Waals surface area contributed by atoms with Gasteiger partial charge in [0.15, 0.2) is 0 Å². The Hall–Kier alpha value is -2.86. The van der Waals surface area contributed by atoms with Crippen molar-refractivity contribution in [3.63, 3.8) is 0 Å². The lowest BCUT2D eigenvalue weighted by molar-refractivity contribution is 0.691. The molecule has 26 heavy (non-hydrogen) atoms. The monoisotopic (exact) mass is 330 g/mol. The average Bonchev–Trinajstić information content (AvgIpc) is 3.37. The van der Waals surface area contributed by atoms with Crippen molar-refractivity contribution in [1.29, 1.82) is 0 Å². The van der Waals surface area contributed by atoms with Crippen molar-refractivity contribution in [3.05, 3.63) is 113 Å². The normalized spacial score (nSPS) is 24.8. The van der Waals surface area contributed by atoms with Gasteiger partial charge in [-0.3, -0.25) is 0 Å². The SMILES string of the molecule is C1=CC2CC2C2=C1c1ccccc1C21c2ccccc2-c2ccccc21. The van der Waals surface area contributed by atoms with E-state index < -0.39 is 0 Å². The highest BCUT2D eigenvalue weighted by Gasteiger charge is 2.58. The van der Waals surface area contributed by atoms with Crippen LogP contribution in [0.4, 0.5) is 0 Å². The summed E-state index contributed by atoms with van der Waals surface area (Å²) in [6.07, 6.45) is 6.18. The average molecular weight is 330 g/mol. The lowest BCUT2D eigenvalue weighted by Crippen LogP contribution is -2.28. The van der Waals surface area contributed by atoms with E-state index >= 15 is 0 Å². The smallest absolute Gasteiger partial charge is 0.0691 e. The van der Waals surface area contributed by atoms with Crippen molar-refractivity contribution in [1.82, 2.24) is 0 Å². The zero-order valence-electron chi connectivity index (χ0n) is 14.4. The largest absolute Gasteiger partial charge is 0.0802 e. The third-order valence-corrected chi connectivity index (χ3v) is 6.99. The zero-order valence-corrected chi connectivity index (χ0v) is 14.4. The molecule has 4 aliphatic carbocycles. The molecular weight excluding hydrogens is 312 g/mol. The Balaban J connectivity index is 1.71. The Bertz CT molecular complexity index is 1130. The van der Waals surface area contributed by atoms with E-state index in [4.69, 9.17) is 0 Å². The van der Waals surface area contributed by atoms with E-state index in [9.17, 15) is 0 Å². The maximum absolute atomic E-state index is 2.45. The molecule has 2 unspecified atom stereocenters. The molecule has 1 saturated carbocycles. The Labute approximate surface area is 153 Å². The van der Waals surface area contributed by atoms with Gasteiger partial charge in [0.25, 0.3) is 0 Å². The number of rotatable bonds is 0. The quantitative estimate of drug-likeness (QED) is 0.476. The van der Waals surface area contributed by atoms with E-state index in [1.807, 2.05) is 0 Å². The molecule has 0 heteroatoms. The molecular formula is C26H18. The fourth-order valence-corrected chi connectivity index (χ4v) is 5.99. The Morgan fingerprint density at radius 3 is 1.85 bits per heavy atom. The van der Waals surface area contributed by atoms with Gasteiger partial charge in [-0.2, -0.15) is 0 Å². The lowest BCUT2D eigenvalue weighted by Gasteiger charge is -2.33. The molecule has 2 atom stereocenters. The minimum Gasteiger partial charge on any atom is -0.0802 e. The molecule has 0 radical (unpaired) electrons. The Morgan fingerprint density at radius 1 is 0.654 bits per heavy atom. The van der Waals surface area contributed by atoms with Crippen molar-refractivity contribution in [3.8, 4) is 11.1 Å². The summed E-state index contributed by atoms with van der Waals surface area (Å²) in [5.41, 5.74) is 11.8. The van der Waals surface area contributed by atoms with Crippen LogP contribution >= 0.6 is 0 Å². The summed E-state index contributed by atoms with van der Waals surface area (Å²) < 4.78 is 0. The van der Waals surface area contributed by atoms with Crippen LogP contribution in [0, 0.1) is 11.8 Å². The third kappa shape index (κ3) is 1.30. The van der Waals surface area contributed by atoms with E-state index in [2.05, 4.69) is 84.9 Å². The van der Waals surface area contributed by atoms with Crippen LogP contribution in [0.3, 0.4) is 0 Å². The molecule has 3 aromatic rings. The summed E-state index contributed by atoms with van der Waals surface area (Å²) in [4.78, 5) is 0. The second-order valence-electron chi connectivity index (χ2n) is 8.08. The molecule has 1 spiro atoms. The predicted octanol–water partition coefficient (Wildman–Crippen LogP) is 5.97. The van der Waals surface area contributed by atoms with Crippen LogP contribution in [0.2, 0.25) is 0 Å². The predicted molar refractivity (Wildman–Crippen MR) is 106 cm³/mol. The van der Waals surface area contributed by atoms with Gasteiger partial charge in [-0.15, -0.1) is 0 Å². The number of benzene rings is 3. The number of fused-ring (bicyclic) bond motifs is 11. The molecule has 1 fully saturated rings. The Morgan fingerprint density at radius 2 is 1.19 bits per heavy atom. The van der Waals surface area contributed by atoms with Gasteiger partial charge in [0, 0.05) is 0 Å². The summed E-state index contributed by atoms with van der Waals surface area (Å²) in [5.74, 6) is 1.46. The highest BCUT2D eigenvalue weighted by Crippen LogP contribution is 2.68. The Kier molecular flexibility index (Phi) is 2.19. The summed E-state index contributed by atoms with van der Waals surface area (Å²) in [5, 5.41) is 0. The van der Waals surface area contributed by atoms with Gasteiger partial charge in [0.2, 0.25) is 0 Å². The van der Waals surface area contributed by atoms with Gasteiger partial charge >= 0.3 is 0 Å². The fraction of sp³-hybridized carbons (Fsp3) is 0.154. The van der Waals surface area contributed by atoms with Crippen LogP contribution in [0.5, 0.6) is 0 Å². The van der Waals surface area contributed by atoms with E-state index in [1.54, 1.807) is 5.57 Å². The molecule has 122 valence electrons. The summed E-state index contributed by atoms with van der Waals surface area (Å²) >= 11 is 0. The summed E-state index contributed by atoms with van der Waals surface area (Å²) in [7, 11) is 0.